The molecule has 2 aromatic rings. The number of nitrogens with two attached hydrogens (primary N) is 1. The maximum absolute atomic E-state index is 14.3. The van der Waals surface area contributed by atoms with Crippen LogP contribution in [0.2, 0.25) is 0 Å². The van der Waals surface area contributed by atoms with Gasteiger partial charge in [-0.1, -0.05) is 67.0 Å². The van der Waals surface area contributed by atoms with E-state index in [1.54, 1.807) is 43.0 Å². The molecule has 1 saturated heterocycles. The van der Waals surface area contributed by atoms with Gasteiger partial charge in [-0.05, 0) is 62.4 Å². The normalized spacial score (nSPS) is 18.3. The van der Waals surface area contributed by atoms with Crippen LogP contribution in [0.15, 0.2) is 30.6 Å². The minimum absolute atomic E-state index is 0.0156. The third-order valence-corrected chi connectivity index (χ3v) is 11.9. The highest BCUT2D eigenvalue weighted by atomic mass is 16.5. The van der Waals surface area contributed by atoms with Crippen molar-refractivity contribution < 1.29 is 33.4 Å². The van der Waals surface area contributed by atoms with Crippen LogP contribution in [0.5, 0.6) is 0 Å². The predicted molar refractivity (Wildman–Crippen MR) is 230 cm³/mol. The first-order valence-electron chi connectivity index (χ1n) is 21.2. The molecule has 17 nitrogen and oxygen atoms in total. The van der Waals surface area contributed by atoms with Gasteiger partial charge in [-0.15, -0.1) is 0 Å². The van der Waals surface area contributed by atoms with Gasteiger partial charge in [0.25, 0.3) is 0 Å². The Bertz CT molecular complexity index is 1660. The summed E-state index contributed by atoms with van der Waals surface area (Å²) in [7, 11) is 8.48. The molecular formula is C43H72N10O7. The first-order chi connectivity index (χ1) is 28.4. The lowest BCUT2D eigenvalue weighted by Crippen LogP contribution is -2.59. The fourth-order valence-electron chi connectivity index (χ4n) is 8.39. The molecule has 0 saturated carbocycles. The maximum Gasteiger partial charge on any atom is 0.245 e. The zero-order chi connectivity index (χ0) is 44.8. The smallest absolute Gasteiger partial charge is 0.245 e. The summed E-state index contributed by atoms with van der Waals surface area (Å²) < 4.78 is 12.0. The summed E-state index contributed by atoms with van der Waals surface area (Å²) in [5.41, 5.74) is 7.25. The number of hydrogen-bond donors (Lipinski definition) is 5. The van der Waals surface area contributed by atoms with Crippen molar-refractivity contribution in [3.05, 3.63) is 42.0 Å². The Hall–Kier alpha value is -4.61. The summed E-state index contributed by atoms with van der Waals surface area (Å²) in [6, 6.07) is 4.02. The van der Waals surface area contributed by atoms with Gasteiger partial charge in [-0.25, -0.2) is 4.98 Å². The zero-order valence-corrected chi connectivity index (χ0v) is 37.9. The fraction of sp³-hybridized carbons (Fsp3) is 0.698. The Morgan fingerprint density at radius 3 is 2.13 bits per heavy atom. The van der Waals surface area contributed by atoms with E-state index in [4.69, 9.17) is 15.2 Å². The number of carbonyl (C=O) groups excluding carboxylic acids is 5. The van der Waals surface area contributed by atoms with E-state index in [1.165, 1.54) is 13.4 Å². The van der Waals surface area contributed by atoms with Gasteiger partial charge in [0.05, 0.1) is 42.7 Å². The molecule has 0 aliphatic carbocycles. The first kappa shape index (κ1) is 49.8. The molecule has 0 spiro atoms. The van der Waals surface area contributed by atoms with Gasteiger partial charge in [0.1, 0.15) is 18.4 Å². The molecule has 0 bridgehead atoms. The summed E-state index contributed by atoms with van der Waals surface area (Å²) in [6.07, 6.45) is 2.11. The average molecular weight is 841 g/mol. The van der Waals surface area contributed by atoms with E-state index in [9.17, 15) is 24.0 Å². The highest BCUT2D eigenvalue weighted by Crippen LogP contribution is 2.30. The van der Waals surface area contributed by atoms with Gasteiger partial charge in [0, 0.05) is 46.5 Å². The van der Waals surface area contributed by atoms with Crippen molar-refractivity contribution in [2.45, 2.75) is 130 Å². The number of carbonyl (C=O) groups is 5. The van der Waals surface area contributed by atoms with Crippen molar-refractivity contribution in [3.8, 4) is 0 Å². The molecule has 3 rings (SSSR count). The van der Waals surface area contributed by atoms with E-state index in [0.29, 0.717) is 37.3 Å². The van der Waals surface area contributed by atoms with Crippen LogP contribution in [0.3, 0.4) is 0 Å². The van der Waals surface area contributed by atoms with Crippen LogP contribution in [0.4, 0.5) is 5.69 Å². The first-order valence-corrected chi connectivity index (χ1v) is 21.2. The number of amides is 5. The summed E-state index contributed by atoms with van der Waals surface area (Å²) in [4.78, 5) is 79.0. The van der Waals surface area contributed by atoms with E-state index in [1.807, 2.05) is 72.7 Å². The fourth-order valence-corrected chi connectivity index (χ4v) is 8.39. The van der Waals surface area contributed by atoms with Gasteiger partial charge in [-0.3, -0.25) is 34.0 Å². The SMILES string of the molecule is CC[C@H](C)[C@@H]([C@@H](CC(=O)N1CCC[C@H]1[C@H](OC)[C@@H](C)C(=O)N[C@@H](Cc1nc[nH]n1)C(=O)NCc1ccc(N)cc1)OC)N(C)C(=O)[C@@H](NC(=O)[C@H](C(C)C)N(C)C)C(C)C. The van der Waals surface area contributed by atoms with Gasteiger partial charge in [0.2, 0.25) is 29.5 Å². The lowest BCUT2D eigenvalue weighted by Gasteiger charge is -2.41. The summed E-state index contributed by atoms with van der Waals surface area (Å²) in [5.74, 6) is -2.11. The topological polar surface area (TPSA) is 217 Å². The largest absolute Gasteiger partial charge is 0.399 e. The molecule has 1 aliphatic rings. The van der Waals surface area contributed by atoms with Crippen molar-refractivity contribution in [3.63, 3.8) is 0 Å². The number of anilines is 1. The minimum atomic E-state index is -0.990. The lowest BCUT2D eigenvalue weighted by atomic mass is 9.89. The summed E-state index contributed by atoms with van der Waals surface area (Å²) in [6.45, 7) is 14.2. The number of H-pyrrole nitrogens is 1. The van der Waals surface area contributed by atoms with E-state index < -0.39 is 60.1 Å². The van der Waals surface area contributed by atoms with Crippen molar-refractivity contribution in [2.75, 3.05) is 47.6 Å². The number of ether oxygens (including phenoxy) is 2. The van der Waals surface area contributed by atoms with Crippen LogP contribution >= 0.6 is 0 Å². The quantitative estimate of drug-likeness (QED) is 0.102. The van der Waals surface area contributed by atoms with Crippen LogP contribution in [-0.4, -0.2) is 144 Å². The monoisotopic (exact) mass is 841 g/mol. The highest BCUT2D eigenvalue weighted by Gasteiger charge is 2.43. The molecule has 336 valence electrons. The van der Waals surface area contributed by atoms with Crippen molar-refractivity contribution >= 4 is 35.2 Å². The van der Waals surface area contributed by atoms with Gasteiger partial charge >= 0.3 is 0 Å². The van der Waals surface area contributed by atoms with Gasteiger partial charge in [0.15, 0.2) is 5.82 Å². The number of hydrogen-bond acceptors (Lipinski definition) is 11. The minimum Gasteiger partial charge on any atom is -0.399 e. The Morgan fingerprint density at radius 1 is 0.933 bits per heavy atom. The molecular weight excluding hydrogens is 769 g/mol. The number of likely N-dealkylation sites (N-methyl/N-ethyl adjacent to an activating group) is 2. The van der Waals surface area contributed by atoms with Crippen LogP contribution in [0.1, 0.15) is 85.5 Å². The van der Waals surface area contributed by atoms with Crippen molar-refractivity contribution in [1.29, 1.82) is 0 Å². The average Bonchev–Trinajstić information content (AvgIpc) is 3.91. The highest BCUT2D eigenvalue weighted by molar-refractivity contribution is 5.90. The molecule has 1 aliphatic heterocycles. The van der Waals surface area contributed by atoms with Crippen molar-refractivity contribution in [1.82, 2.24) is 45.8 Å². The molecule has 9 atom stereocenters. The van der Waals surface area contributed by atoms with Crippen LogP contribution < -0.4 is 21.7 Å². The second-order valence-corrected chi connectivity index (χ2v) is 17.1. The number of benzene rings is 1. The van der Waals surface area contributed by atoms with E-state index in [2.05, 4.69) is 31.1 Å². The second-order valence-electron chi connectivity index (χ2n) is 17.1. The Labute approximate surface area is 356 Å². The Morgan fingerprint density at radius 2 is 1.60 bits per heavy atom. The van der Waals surface area contributed by atoms with E-state index in [-0.39, 0.29) is 54.9 Å². The molecule has 60 heavy (non-hydrogen) atoms. The van der Waals surface area contributed by atoms with Crippen LogP contribution in [0.25, 0.3) is 0 Å². The maximum atomic E-state index is 14.3. The third-order valence-electron chi connectivity index (χ3n) is 11.9. The van der Waals surface area contributed by atoms with Gasteiger partial charge < -0.3 is 41.0 Å². The molecule has 6 N–H and O–H groups in total. The van der Waals surface area contributed by atoms with E-state index >= 15 is 0 Å². The molecule has 17 heteroatoms. The number of nitrogen functional groups attached to an aromatic ring is 1. The third kappa shape index (κ3) is 13.2. The number of nitrogens with one attached hydrogen (secondary N) is 4. The number of aromatic amines is 1. The lowest BCUT2D eigenvalue weighted by molar-refractivity contribution is -0.148. The molecule has 1 fully saturated rings. The number of aromatic nitrogens is 3. The van der Waals surface area contributed by atoms with Crippen LogP contribution in [-0.2, 0) is 46.4 Å². The molecule has 1 aromatic carbocycles. The molecule has 5 amide bonds. The van der Waals surface area contributed by atoms with Crippen molar-refractivity contribution in [2.24, 2.45) is 23.7 Å². The second kappa shape index (κ2) is 23.4. The number of nitrogens with zero attached hydrogens (tertiary/aromatic N) is 5. The van der Waals surface area contributed by atoms with Crippen LogP contribution in [0, 0.1) is 23.7 Å². The standard InChI is InChI=1S/C43H72N10O7/c1-13-27(6)38(52(10)43(58)36(25(2)3)49-42(57)37(26(4)5)51(8)9)33(59-11)22-35(54)53-20-14-15-32(53)39(60-12)28(7)40(55)48-31(21-34-46-24-47-50-34)41(56)45-23-29-16-18-30(44)19-17-29/h16-19,24-28,31-33,36-39H,13-15,20-23,44H2,1-12H3,(H,45,56)(H,48,55)(H,49,57)(H,46,47,50)/t27-,28+,31-,32-,33+,36-,37-,38-,39+/m0/s1. The molecule has 2 heterocycles. The zero-order valence-electron chi connectivity index (χ0n) is 37.9. The predicted octanol–water partition coefficient (Wildman–Crippen LogP) is 2.38. The van der Waals surface area contributed by atoms with E-state index in [0.717, 1.165) is 5.56 Å². The summed E-state index contributed by atoms with van der Waals surface area (Å²) in [5, 5.41) is 15.5. The molecule has 0 unspecified atom stereocenters. The van der Waals surface area contributed by atoms with Gasteiger partial charge in [-0.2, -0.15) is 5.10 Å². The number of methoxy groups -OCH3 is 2. The number of likely N-dealkylation sites (tertiary alicyclic amines) is 1. The Kier molecular flexibility index (Phi) is 19.4. The Balaban J connectivity index is 1.78. The molecule has 0 radical (unpaired) electrons. The molecule has 1 aromatic heterocycles. The number of rotatable bonds is 23. The summed E-state index contributed by atoms with van der Waals surface area (Å²) >= 11 is 0.